The monoisotopic (exact) mass is 341 g/mol. The molecule has 2 aliphatic rings. The minimum atomic E-state index is 0.350. The first kappa shape index (κ1) is 16.3. The highest BCUT2D eigenvalue weighted by Gasteiger charge is 2.27. The van der Waals surface area contributed by atoms with Gasteiger partial charge in [0, 0.05) is 50.1 Å². The zero-order valence-corrected chi connectivity index (χ0v) is 15.0. The van der Waals surface area contributed by atoms with Gasteiger partial charge in [-0.2, -0.15) is 10.1 Å². The van der Waals surface area contributed by atoms with E-state index in [4.69, 9.17) is 10.7 Å². The van der Waals surface area contributed by atoms with Crippen LogP contribution in [0, 0.1) is 0 Å². The number of nitrogens with zero attached hydrogens (tertiary/aromatic N) is 5. The molecule has 3 N–H and O–H groups in total. The quantitative estimate of drug-likeness (QED) is 0.869. The lowest BCUT2D eigenvalue weighted by molar-refractivity contribution is 0.382. The van der Waals surface area contributed by atoms with Crippen molar-refractivity contribution in [3.63, 3.8) is 0 Å². The third-order valence-corrected chi connectivity index (χ3v) is 5.52. The molecule has 25 heavy (non-hydrogen) atoms. The van der Waals surface area contributed by atoms with E-state index in [0.29, 0.717) is 18.0 Å². The van der Waals surface area contributed by atoms with Crippen molar-refractivity contribution in [2.24, 2.45) is 5.73 Å². The first-order valence-corrected chi connectivity index (χ1v) is 9.22. The Morgan fingerprint density at radius 3 is 2.56 bits per heavy atom. The Bertz CT molecular complexity index is 716. The van der Waals surface area contributed by atoms with Crippen molar-refractivity contribution in [1.82, 2.24) is 20.2 Å². The predicted molar refractivity (Wildman–Crippen MR) is 99.3 cm³/mol. The lowest BCUT2D eigenvalue weighted by Gasteiger charge is -2.33. The van der Waals surface area contributed by atoms with Crippen LogP contribution in [0.1, 0.15) is 50.1 Å². The van der Waals surface area contributed by atoms with E-state index in [9.17, 15) is 0 Å². The molecule has 134 valence electrons. The highest BCUT2D eigenvalue weighted by Crippen LogP contribution is 2.40. The maximum atomic E-state index is 6.03. The fourth-order valence-corrected chi connectivity index (χ4v) is 3.57. The third kappa shape index (κ3) is 3.46. The topological polar surface area (TPSA) is 87.0 Å². The molecule has 2 aliphatic carbocycles. The van der Waals surface area contributed by atoms with Crippen molar-refractivity contribution >= 4 is 17.6 Å². The van der Waals surface area contributed by atoms with Gasteiger partial charge in [-0.05, 0) is 44.6 Å². The molecule has 0 bridgehead atoms. The minimum absolute atomic E-state index is 0.350. The van der Waals surface area contributed by atoms with E-state index < -0.39 is 0 Å². The number of aromatic nitrogens is 4. The van der Waals surface area contributed by atoms with Crippen LogP contribution in [0.15, 0.2) is 18.3 Å². The molecule has 0 saturated heterocycles. The van der Waals surface area contributed by atoms with E-state index in [1.54, 1.807) is 0 Å². The summed E-state index contributed by atoms with van der Waals surface area (Å²) >= 11 is 0. The molecule has 0 spiro atoms. The van der Waals surface area contributed by atoms with E-state index in [1.165, 1.54) is 18.5 Å². The van der Waals surface area contributed by atoms with Gasteiger partial charge in [0.1, 0.15) is 5.82 Å². The smallest absolute Gasteiger partial charge is 0.227 e. The number of hydrogen-bond acceptors (Lipinski definition) is 6. The van der Waals surface area contributed by atoms with Gasteiger partial charge >= 0.3 is 0 Å². The van der Waals surface area contributed by atoms with E-state index in [-0.39, 0.29) is 0 Å². The minimum Gasteiger partial charge on any atom is -0.341 e. The Balaban J connectivity index is 1.49. The Morgan fingerprint density at radius 1 is 1.08 bits per heavy atom. The SMILES string of the molecule is CN(c1cc(C2CC2)[nH]n1)c1ccnc(N(C)C2CCC(N)CC2)n1. The third-order valence-electron chi connectivity index (χ3n) is 5.52. The van der Waals surface area contributed by atoms with Gasteiger partial charge in [-0.1, -0.05) is 0 Å². The van der Waals surface area contributed by atoms with Crippen LogP contribution in [0.4, 0.5) is 17.6 Å². The molecule has 2 aromatic heterocycles. The Kier molecular flexibility index (Phi) is 4.33. The number of hydrogen-bond donors (Lipinski definition) is 2. The van der Waals surface area contributed by atoms with Crippen LogP contribution in [-0.2, 0) is 0 Å². The molecule has 0 aromatic carbocycles. The summed E-state index contributed by atoms with van der Waals surface area (Å²) in [6.45, 7) is 0. The van der Waals surface area contributed by atoms with Gasteiger partial charge in [0.25, 0.3) is 0 Å². The molecular weight excluding hydrogens is 314 g/mol. The lowest BCUT2D eigenvalue weighted by atomic mass is 9.91. The zero-order valence-electron chi connectivity index (χ0n) is 15.0. The summed E-state index contributed by atoms with van der Waals surface area (Å²) in [5, 5.41) is 7.59. The van der Waals surface area contributed by atoms with Crippen molar-refractivity contribution in [2.45, 2.75) is 56.5 Å². The molecule has 2 aromatic rings. The fourth-order valence-electron chi connectivity index (χ4n) is 3.57. The average molecular weight is 341 g/mol. The average Bonchev–Trinajstić information content (AvgIpc) is 3.38. The zero-order chi connectivity index (χ0) is 17.4. The number of nitrogens with two attached hydrogens (primary N) is 1. The second kappa shape index (κ2) is 6.63. The van der Waals surface area contributed by atoms with E-state index in [1.807, 2.05) is 24.2 Å². The predicted octanol–water partition coefficient (Wildman–Crippen LogP) is 2.55. The molecule has 2 heterocycles. The van der Waals surface area contributed by atoms with Crippen LogP contribution >= 0.6 is 0 Å². The van der Waals surface area contributed by atoms with Crippen molar-refractivity contribution in [2.75, 3.05) is 23.9 Å². The Labute approximate surface area is 148 Å². The van der Waals surface area contributed by atoms with Gasteiger partial charge in [-0.25, -0.2) is 4.98 Å². The highest BCUT2D eigenvalue weighted by atomic mass is 15.3. The van der Waals surface area contributed by atoms with Gasteiger partial charge in [0.2, 0.25) is 5.95 Å². The number of aromatic amines is 1. The molecule has 4 rings (SSSR count). The van der Waals surface area contributed by atoms with Crippen molar-refractivity contribution in [1.29, 1.82) is 0 Å². The molecule has 0 aliphatic heterocycles. The number of anilines is 3. The molecular formula is C18H27N7. The van der Waals surface area contributed by atoms with Gasteiger partial charge < -0.3 is 15.5 Å². The molecule has 2 fully saturated rings. The Morgan fingerprint density at radius 2 is 1.84 bits per heavy atom. The summed E-state index contributed by atoms with van der Waals surface area (Å²) < 4.78 is 0. The standard InChI is InChI=1S/C18H27N7/c1-24(14-7-5-13(19)6-8-14)18-20-10-9-16(21-18)25(2)17-11-15(22-23-17)12-3-4-12/h9-14H,3-8,19H2,1-2H3,(H,22,23). The molecule has 7 nitrogen and oxygen atoms in total. The van der Waals surface area contributed by atoms with Crippen molar-refractivity contribution in [3.8, 4) is 0 Å². The van der Waals surface area contributed by atoms with E-state index in [0.717, 1.165) is 43.3 Å². The summed E-state index contributed by atoms with van der Waals surface area (Å²) in [7, 11) is 4.08. The fraction of sp³-hybridized carbons (Fsp3) is 0.611. The lowest BCUT2D eigenvalue weighted by Crippen LogP contribution is -2.39. The van der Waals surface area contributed by atoms with Crippen LogP contribution in [-0.4, -0.2) is 46.3 Å². The summed E-state index contributed by atoms with van der Waals surface area (Å²) in [6, 6.07) is 4.88. The Hall–Kier alpha value is -2.15. The molecule has 0 unspecified atom stereocenters. The maximum Gasteiger partial charge on any atom is 0.227 e. The normalized spacial score (nSPS) is 23.5. The van der Waals surface area contributed by atoms with Crippen LogP contribution in [0.3, 0.4) is 0 Å². The van der Waals surface area contributed by atoms with Gasteiger partial charge in [0.15, 0.2) is 5.82 Å². The highest BCUT2D eigenvalue weighted by molar-refractivity contribution is 5.56. The number of nitrogens with one attached hydrogen (secondary N) is 1. The summed E-state index contributed by atoms with van der Waals surface area (Å²) in [5.41, 5.74) is 7.25. The van der Waals surface area contributed by atoms with Gasteiger partial charge in [0.05, 0.1) is 0 Å². The van der Waals surface area contributed by atoms with Crippen LogP contribution in [0.25, 0.3) is 0 Å². The number of rotatable bonds is 5. The molecule has 0 amide bonds. The molecule has 0 radical (unpaired) electrons. The summed E-state index contributed by atoms with van der Waals surface area (Å²) in [6.07, 6.45) is 8.71. The van der Waals surface area contributed by atoms with Gasteiger partial charge in [-0.15, -0.1) is 0 Å². The number of H-pyrrole nitrogens is 1. The molecule has 2 saturated carbocycles. The van der Waals surface area contributed by atoms with Crippen LogP contribution in [0.2, 0.25) is 0 Å². The second-order valence-electron chi connectivity index (χ2n) is 7.41. The summed E-state index contributed by atoms with van der Waals surface area (Å²) in [5.74, 6) is 3.19. The molecule has 0 atom stereocenters. The largest absolute Gasteiger partial charge is 0.341 e. The van der Waals surface area contributed by atoms with Crippen molar-refractivity contribution in [3.05, 3.63) is 24.0 Å². The van der Waals surface area contributed by atoms with Crippen LogP contribution in [0.5, 0.6) is 0 Å². The van der Waals surface area contributed by atoms with E-state index in [2.05, 4.69) is 33.2 Å². The van der Waals surface area contributed by atoms with Gasteiger partial charge in [-0.3, -0.25) is 5.10 Å². The maximum absolute atomic E-state index is 6.03. The second-order valence-corrected chi connectivity index (χ2v) is 7.41. The first-order chi connectivity index (χ1) is 12.1. The summed E-state index contributed by atoms with van der Waals surface area (Å²) in [4.78, 5) is 13.5. The first-order valence-electron chi connectivity index (χ1n) is 9.22. The van der Waals surface area contributed by atoms with Crippen molar-refractivity contribution < 1.29 is 0 Å². The molecule has 7 heteroatoms. The van der Waals surface area contributed by atoms with Crippen LogP contribution < -0.4 is 15.5 Å². The van der Waals surface area contributed by atoms with E-state index >= 15 is 0 Å².